The SMILES string of the molecule is CC(C)(C)OC(=O)N[C@H]1CCc2cc(-c3nnn[nH]3)ccc2NC1=O. The Hall–Kier alpha value is -2.97. The van der Waals surface area contributed by atoms with E-state index in [1.54, 1.807) is 26.8 Å². The molecule has 0 unspecified atom stereocenters. The third-order valence-corrected chi connectivity index (χ3v) is 3.69. The van der Waals surface area contributed by atoms with Gasteiger partial charge in [0.25, 0.3) is 0 Å². The number of ether oxygens (including phenoxy) is 1. The van der Waals surface area contributed by atoms with E-state index in [1.807, 2.05) is 12.1 Å². The summed E-state index contributed by atoms with van der Waals surface area (Å²) in [6, 6.07) is 4.90. The molecule has 9 heteroatoms. The average Bonchev–Trinajstić information content (AvgIpc) is 3.00. The van der Waals surface area contributed by atoms with E-state index in [2.05, 4.69) is 31.3 Å². The van der Waals surface area contributed by atoms with Crippen LogP contribution in [0, 0.1) is 0 Å². The van der Waals surface area contributed by atoms with Crippen LogP contribution in [0.25, 0.3) is 11.4 Å². The van der Waals surface area contributed by atoms with Crippen molar-refractivity contribution in [2.75, 3.05) is 5.32 Å². The minimum atomic E-state index is -0.655. The quantitative estimate of drug-likeness (QED) is 0.761. The van der Waals surface area contributed by atoms with Gasteiger partial charge in [0.2, 0.25) is 5.91 Å². The highest BCUT2D eigenvalue weighted by Crippen LogP contribution is 2.26. The Morgan fingerprint density at radius 2 is 2.16 bits per heavy atom. The highest BCUT2D eigenvalue weighted by atomic mass is 16.6. The standard InChI is InChI=1S/C16H20N6O3/c1-16(2,3)25-15(24)18-12-7-4-9-8-10(13-19-21-22-20-13)5-6-11(9)17-14(12)23/h5-6,8,12H,4,7H2,1-3H3,(H,17,23)(H,18,24)(H,19,20,21,22)/t12-/m0/s1. The first-order chi connectivity index (χ1) is 11.8. The molecule has 1 aliphatic rings. The number of H-pyrrole nitrogens is 1. The molecule has 0 spiro atoms. The number of aromatic amines is 1. The van der Waals surface area contributed by atoms with Gasteiger partial charge in [0, 0.05) is 11.3 Å². The number of hydrogen-bond acceptors (Lipinski definition) is 6. The number of tetrazole rings is 1. The minimum Gasteiger partial charge on any atom is -0.444 e. The number of carbonyl (C=O) groups excluding carboxylic acids is 2. The molecule has 1 aromatic heterocycles. The molecule has 0 saturated heterocycles. The lowest BCUT2D eigenvalue weighted by Gasteiger charge is -2.22. The molecule has 1 aromatic carbocycles. The number of hydrogen-bond donors (Lipinski definition) is 3. The van der Waals surface area contributed by atoms with E-state index in [9.17, 15) is 9.59 Å². The van der Waals surface area contributed by atoms with Gasteiger partial charge in [-0.1, -0.05) is 0 Å². The molecular weight excluding hydrogens is 324 g/mol. The van der Waals surface area contributed by atoms with Crippen molar-refractivity contribution in [1.29, 1.82) is 0 Å². The Morgan fingerprint density at radius 1 is 1.36 bits per heavy atom. The molecule has 1 aliphatic heterocycles. The summed E-state index contributed by atoms with van der Waals surface area (Å²) in [6.07, 6.45) is 0.479. The first-order valence-electron chi connectivity index (χ1n) is 7.99. The molecule has 2 aromatic rings. The highest BCUT2D eigenvalue weighted by molar-refractivity contribution is 5.98. The zero-order chi connectivity index (χ0) is 18.0. The van der Waals surface area contributed by atoms with E-state index in [4.69, 9.17) is 4.74 Å². The van der Waals surface area contributed by atoms with Crippen LogP contribution in [0.5, 0.6) is 0 Å². The monoisotopic (exact) mass is 344 g/mol. The van der Waals surface area contributed by atoms with Gasteiger partial charge in [-0.05, 0) is 67.8 Å². The summed E-state index contributed by atoms with van der Waals surface area (Å²) in [4.78, 5) is 24.3. The van der Waals surface area contributed by atoms with Crippen molar-refractivity contribution in [3.8, 4) is 11.4 Å². The van der Waals surface area contributed by atoms with Crippen LogP contribution >= 0.6 is 0 Å². The minimum absolute atomic E-state index is 0.265. The third kappa shape index (κ3) is 4.11. The van der Waals surface area contributed by atoms with Crippen LogP contribution in [0.2, 0.25) is 0 Å². The number of alkyl carbamates (subject to hydrolysis) is 1. The topological polar surface area (TPSA) is 122 Å². The molecule has 0 radical (unpaired) electrons. The largest absolute Gasteiger partial charge is 0.444 e. The summed E-state index contributed by atoms with van der Waals surface area (Å²) in [6.45, 7) is 5.32. The van der Waals surface area contributed by atoms with Crippen LogP contribution in [-0.4, -0.2) is 44.3 Å². The molecule has 0 bridgehead atoms. The van der Waals surface area contributed by atoms with E-state index in [1.165, 1.54) is 0 Å². The number of fused-ring (bicyclic) bond motifs is 1. The van der Waals surface area contributed by atoms with Crippen LogP contribution in [0.1, 0.15) is 32.8 Å². The lowest BCUT2D eigenvalue weighted by Crippen LogP contribution is -2.45. The number of anilines is 1. The average molecular weight is 344 g/mol. The molecule has 0 aliphatic carbocycles. The molecule has 1 atom stereocenters. The van der Waals surface area contributed by atoms with E-state index >= 15 is 0 Å². The predicted molar refractivity (Wildman–Crippen MR) is 89.7 cm³/mol. The molecular formula is C16H20N6O3. The van der Waals surface area contributed by atoms with Crippen LogP contribution in [-0.2, 0) is 16.0 Å². The van der Waals surface area contributed by atoms with Crippen LogP contribution < -0.4 is 10.6 Å². The molecule has 2 amide bonds. The Labute approximate surface area is 144 Å². The molecule has 3 N–H and O–H groups in total. The molecule has 2 heterocycles. The molecule has 3 rings (SSSR count). The summed E-state index contributed by atoms with van der Waals surface area (Å²) in [7, 11) is 0. The first kappa shape index (κ1) is 16.9. The maximum atomic E-state index is 12.4. The zero-order valence-corrected chi connectivity index (χ0v) is 14.3. The van der Waals surface area contributed by atoms with Gasteiger partial charge in [-0.15, -0.1) is 5.10 Å². The van der Waals surface area contributed by atoms with Gasteiger partial charge < -0.3 is 15.4 Å². The van der Waals surface area contributed by atoms with E-state index in [-0.39, 0.29) is 5.91 Å². The predicted octanol–water partition coefficient (Wildman–Crippen LogP) is 1.64. The van der Waals surface area contributed by atoms with Gasteiger partial charge in [-0.3, -0.25) is 4.79 Å². The van der Waals surface area contributed by atoms with E-state index in [0.717, 1.165) is 16.8 Å². The lowest BCUT2D eigenvalue weighted by molar-refractivity contribution is -0.118. The van der Waals surface area contributed by atoms with Crippen molar-refractivity contribution in [3.05, 3.63) is 23.8 Å². The maximum absolute atomic E-state index is 12.4. The number of benzene rings is 1. The molecule has 25 heavy (non-hydrogen) atoms. The number of amides is 2. The smallest absolute Gasteiger partial charge is 0.408 e. The molecule has 132 valence electrons. The number of aryl methyl sites for hydroxylation is 1. The second-order valence-electron chi connectivity index (χ2n) is 6.85. The van der Waals surface area contributed by atoms with Gasteiger partial charge in [-0.2, -0.15) is 0 Å². The van der Waals surface area contributed by atoms with E-state index in [0.29, 0.717) is 18.7 Å². The van der Waals surface area contributed by atoms with Crippen molar-refractivity contribution in [2.45, 2.75) is 45.3 Å². The number of nitrogens with zero attached hydrogens (tertiary/aromatic N) is 3. The third-order valence-electron chi connectivity index (χ3n) is 3.69. The summed E-state index contributed by atoms with van der Waals surface area (Å²) in [5.41, 5.74) is 1.89. The number of rotatable bonds is 2. The number of aromatic nitrogens is 4. The summed E-state index contributed by atoms with van der Waals surface area (Å²) >= 11 is 0. The Balaban J connectivity index is 1.73. The van der Waals surface area contributed by atoms with Crippen molar-refractivity contribution in [2.24, 2.45) is 0 Å². The summed E-state index contributed by atoms with van der Waals surface area (Å²) in [5.74, 6) is 0.292. The maximum Gasteiger partial charge on any atom is 0.408 e. The van der Waals surface area contributed by atoms with Crippen molar-refractivity contribution >= 4 is 17.7 Å². The lowest BCUT2D eigenvalue weighted by atomic mass is 10.0. The first-order valence-corrected chi connectivity index (χ1v) is 7.99. The van der Waals surface area contributed by atoms with Gasteiger partial charge in [0.05, 0.1) is 0 Å². The van der Waals surface area contributed by atoms with Crippen molar-refractivity contribution in [3.63, 3.8) is 0 Å². The van der Waals surface area contributed by atoms with Gasteiger partial charge >= 0.3 is 6.09 Å². The summed E-state index contributed by atoms with van der Waals surface area (Å²) < 4.78 is 5.22. The van der Waals surface area contributed by atoms with Gasteiger partial charge in [0.1, 0.15) is 11.6 Å². The molecule has 9 nitrogen and oxygen atoms in total. The van der Waals surface area contributed by atoms with E-state index < -0.39 is 17.7 Å². The fourth-order valence-corrected chi connectivity index (χ4v) is 2.59. The number of carbonyl (C=O) groups is 2. The van der Waals surface area contributed by atoms with Crippen LogP contribution in [0.4, 0.5) is 10.5 Å². The second-order valence-corrected chi connectivity index (χ2v) is 6.85. The Bertz CT molecular complexity index is 782. The van der Waals surface area contributed by atoms with Crippen molar-refractivity contribution < 1.29 is 14.3 Å². The Morgan fingerprint density at radius 3 is 2.84 bits per heavy atom. The van der Waals surface area contributed by atoms with Crippen molar-refractivity contribution in [1.82, 2.24) is 25.9 Å². The Kier molecular flexibility index (Phi) is 4.39. The van der Waals surface area contributed by atoms with Gasteiger partial charge in [0.15, 0.2) is 5.82 Å². The molecule has 0 fully saturated rings. The number of nitrogens with one attached hydrogen (secondary N) is 3. The normalized spacial score (nSPS) is 17.2. The summed E-state index contributed by atoms with van der Waals surface area (Å²) in [5, 5.41) is 19.2. The zero-order valence-electron chi connectivity index (χ0n) is 14.3. The van der Waals surface area contributed by atoms with Crippen LogP contribution in [0.15, 0.2) is 18.2 Å². The molecule has 0 saturated carbocycles. The van der Waals surface area contributed by atoms with Crippen LogP contribution in [0.3, 0.4) is 0 Å². The second kappa shape index (κ2) is 6.50. The fourth-order valence-electron chi connectivity index (χ4n) is 2.59. The van der Waals surface area contributed by atoms with Gasteiger partial charge in [-0.25, -0.2) is 9.89 Å². The fraction of sp³-hybridized carbons (Fsp3) is 0.438. The highest BCUT2D eigenvalue weighted by Gasteiger charge is 2.27.